The molecular formula is C16H23N5O. The number of aryl methyl sites for hydroxylation is 1. The molecule has 0 amide bonds. The molecule has 0 aromatic carbocycles. The van der Waals surface area contributed by atoms with Crippen LogP contribution in [0.25, 0.3) is 11.2 Å². The minimum Gasteiger partial charge on any atom is -0.396 e. The molecule has 6 nitrogen and oxygen atoms in total. The van der Waals surface area contributed by atoms with Crippen molar-refractivity contribution in [1.29, 1.82) is 0 Å². The monoisotopic (exact) mass is 301 g/mol. The first kappa shape index (κ1) is 16.2. The van der Waals surface area contributed by atoms with E-state index in [9.17, 15) is 0 Å². The Labute approximate surface area is 130 Å². The summed E-state index contributed by atoms with van der Waals surface area (Å²) in [5.41, 5.74) is 5.63. The van der Waals surface area contributed by atoms with Crippen molar-refractivity contribution >= 4 is 16.9 Å². The highest BCUT2D eigenvalue weighted by Gasteiger charge is 2.13. The lowest BCUT2D eigenvalue weighted by Crippen LogP contribution is -2.12. The fraction of sp³-hybridized carbons (Fsp3) is 0.438. The molecule has 6 heteroatoms. The highest BCUT2D eigenvalue weighted by molar-refractivity contribution is 6.13. The normalized spacial score (nSPS) is 13.5. The summed E-state index contributed by atoms with van der Waals surface area (Å²) in [6.45, 7) is 4.13. The summed E-state index contributed by atoms with van der Waals surface area (Å²) < 4.78 is 1.92. The fourth-order valence-corrected chi connectivity index (χ4v) is 2.45. The smallest absolute Gasteiger partial charge is 0.159 e. The Kier molecular flexibility index (Phi) is 4.92. The molecular weight excluding hydrogens is 278 g/mol. The third-order valence-electron chi connectivity index (χ3n) is 3.93. The highest BCUT2D eigenvalue weighted by atomic mass is 16.3. The Balaban J connectivity index is 2.53. The molecule has 22 heavy (non-hydrogen) atoms. The molecule has 2 aromatic rings. The minimum absolute atomic E-state index is 0.0783. The van der Waals surface area contributed by atoms with E-state index in [4.69, 9.17) is 5.11 Å². The topological polar surface area (TPSA) is 75.3 Å². The van der Waals surface area contributed by atoms with Gasteiger partial charge in [-0.05, 0) is 25.5 Å². The van der Waals surface area contributed by atoms with Gasteiger partial charge >= 0.3 is 0 Å². The van der Waals surface area contributed by atoms with Gasteiger partial charge in [-0.25, -0.2) is 9.97 Å². The number of aliphatic imine (C=N–C) groups is 1. The summed E-state index contributed by atoms with van der Waals surface area (Å²) in [5.74, 6) is 0.829. The van der Waals surface area contributed by atoms with Crippen molar-refractivity contribution in [2.75, 3.05) is 20.7 Å². The molecule has 0 aliphatic heterocycles. The van der Waals surface area contributed by atoms with Gasteiger partial charge in [0, 0.05) is 45.0 Å². The van der Waals surface area contributed by atoms with Crippen LogP contribution in [0.4, 0.5) is 0 Å². The molecule has 0 radical (unpaired) electrons. The maximum absolute atomic E-state index is 9.11. The van der Waals surface area contributed by atoms with Crippen LogP contribution in [0.5, 0.6) is 0 Å². The number of imidazole rings is 1. The van der Waals surface area contributed by atoms with E-state index in [1.807, 2.05) is 44.8 Å². The van der Waals surface area contributed by atoms with Crippen molar-refractivity contribution < 1.29 is 5.11 Å². The van der Waals surface area contributed by atoms with Gasteiger partial charge < -0.3 is 15.0 Å². The molecule has 0 aliphatic rings. The van der Waals surface area contributed by atoms with Gasteiger partial charge in [-0.1, -0.05) is 0 Å². The number of allylic oxidation sites excluding steroid dienone is 2. The van der Waals surface area contributed by atoms with Crippen LogP contribution in [-0.2, 0) is 13.5 Å². The molecule has 0 atom stereocenters. The Morgan fingerprint density at radius 3 is 2.73 bits per heavy atom. The first-order chi connectivity index (χ1) is 10.5. The zero-order valence-corrected chi connectivity index (χ0v) is 13.8. The van der Waals surface area contributed by atoms with Crippen molar-refractivity contribution in [2.24, 2.45) is 12.0 Å². The summed E-state index contributed by atoms with van der Waals surface area (Å²) in [6.07, 6.45) is 2.34. The van der Waals surface area contributed by atoms with Gasteiger partial charge in [0.15, 0.2) is 5.65 Å². The lowest BCUT2D eigenvalue weighted by atomic mass is 10.0. The first-order valence-electron chi connectivity index (χ1n) is 7.28. The van der Waals surface area contributed by atoms with Gasteiger partial charge in [0.2, 0.25) is 0 Å². The molecule has 2 N–H and O–H groups in total. The third kappa shape index (κ3) is 2.87. The standard InChI is InChI=1S/C16H23N5O/c1-10(11(2)17-3)15(18-4)12-8-13-16(19-9-12)21(5)14(20-13)6-7-22/h8-9,17,22H,6-7H2,1-5H3/b11-10+,18-15?. The van der Waals surface area contributed by atoms with E-state index in [2.05, 4.69) is 20.3 Å². The van der Waals surface area contributed by atoms with E-state index in [1.54, 1.807) is 7.05 Å². The van der Waals surface area contributed by atoms with Crippen LogP contribution >= 0.6 is 0 Å². The quantitative estimate of drug-likeness (QED) is 0.819. The summed E-state index contributed by atoms with van der Waals surface area (Å²) >= 11 is 0. The van der Waals surface area contributed by atoms with Crippen molar-refractivity contribution in [3.63, 3.8) is 0 Å². The van der Waals surface area contributed by atoms with E-state index in [1.165, 1.54) is 0 Å². The number of nitrogens with zero attached hydrogens (tertiary/aromatic N) is 4. The van der Waals surface area contributed by atoms with Crippen LogP contribution in [0, 0.1) is 0 Å². The van der Waals surface area contributed by atoms with Crippen LogP contribution in [0.15, 0.2) is 28.5 Å². The number of hydrogen-bond donors (Lipinski definition) is 2. The van der Waals surface area contributed by atoms with Crippen LogP contribution in [-0.4, -0.2) is 46.1 Å². The molecule has 0 saturated carbocycles. The molecule has 0 unspecified atom stereocenters. The maximum atomic E-state index is 9.11. The van der Waals surface area contributed by atoms with E-state index in [0.29, 0.717) is 6.42 Å². The van der Waals surface area contributed by atoms with Gasteiger partial charge in [0.05, 0.1) is 12.3 Å². The number of fused-ring (bicyclic) bond motifs is 1. The lowest BCUT2D eigenvalue weighted by Gasteiger charge is -2.10. The third-order valence-corrected chi connectivity index (χ3v) is 3.93. The molecule has 2 aromatic heterocycles. The van der Waals surface area contributed by atoms with Crippen molar-refractivity contribution in [3.8, 4) is 0 Å². The van der Waals surface area contributed by atoms with E-state index in [0.717, 1.165) is 39.5 Å². The van der Waals surface area contributed by atoms with Crippen LogP contribution in [0.1, 0.15) is 25.2 Å². The number of aliphatic hydroxyl groups excluding tert-OH is 1. The van der Waals surface area contributed by atoms with Crippen molar-refractivity contribution in [3.05, 3.63) is 34.9 Å². The number of hydrogen-bond acceptors (Lipinski definition) is 5. The Morgan fingerprint density at radius 1 is 1.41 bits per heavy atom. The molecule has 118 valence electrons. The lowest BCUT2D eigenvalue weighted by molar-refractivity contribution is 0.295. The van der Waals surface area contributed by atoms with Gasteiger partial charge in [-0.3, -0.25) is 4.99 Å². The van der Waals surface area contributed by atoms with Gasteiger partial charge in [0.25, 0.3) is 0 Å². The number of nitrogens with one attached hydrogen (secondary N) is 1. The number of aromatic nitrogens is 3. The van der Waals surface area contributed by atoms with Gasteiger partial charge in [-0.15, -0.1) is 0 Å². The van der Waals surface area contributed by atoms with Crippen molar-refractivity contribution in [1.82, 2.24) is 19.9 Å². The number of aliphatic hydroxyl groups is 1. The molecule has 0 fully saturated rings. The second-order valence-electron chi connectivity index (χ2n) is 5.20. The van der Waals surface area contributed by atoms with E-state index in [-0.39, 0.29) is 6.61 Å². The average Bonchev–Trinajstić information content (AvgIpc) is 2.83. The molecule has 0 spiro atoms. The molecule has 0 aliphatic carbocycles. The number of rotatable bonds is 5. The molecule has 2 heterocycles. The summed E-state index contributed by atoms with van der Waals surface area (Å²) in [4.78, 5) is 13.5. The number of pyridine rings is 1. The fourth-order valence-electron chi connectivity index (χ4n) is 2.45. The SMILES string of the molecule is CN=C(/C(C)=C(\C)NC)c1cnc2c(c1)nc(CCO)n2C. The average molecular weight is 301 g/mol. The molecule has 2 rings (SSSR count). The minimum atomic E-state index is 0.0783. The van der Waals surface area contributed by atoms with E-state index >= 15 is 0 Å². The summed E-state index contributed by atoms with van der Waals surface area (Å²) in [7, 11) is 5.59. The summed E-state index contributed by atoms with van der Waals surface area (Å²) in [5, 5.41) is 12.3. The van der Waals surface area contributed by atoms with E-state index < -0.39 is 0 Å². The summed E-state index contributed by atoms with van der Waals surface area (Å²) in [6, 6.07) is 2.00. The largest absolute Gasteiger partial charge is 0.396 e. The maximum Gasteiger partial charge on any atom is 0.159 e. The zero-order valence-electron chi connectivity index (χ0n) is 13.8. The Morgan fingerprint density at radius 2 is 2.14 bits per heavy atom. The van der Waals surface area contributed by atoms with Crippen molar-refractivity contribution in [2.45, 2.75) is 20.3 Å². The molecule has 0 saturated heterocycles. The predicted molar refractivity (Wildman–Crippen MR) is 89.2 cm³/mol. The van der Waals surface area contributed by atoms with Crippen LogP contribution < -0.4 is 5.32 Å². The zero-order chi connectivity index (χ0) is 16.3. The first-order valence-corrected chi connectivity index (χ1v) is 7.28. The van der Waals surface area contributed by atoms with Gasteiger partial charge in [-0.2, -0.15) is 0 Å². The van der Waals surface area contributed by atoms with Crippen LogP contribution in [0.3, 0.4) is 0 Å². The van der Waals surface area contributed by atoms with Gasteiger partial charge in [0.1, 0.15) is 11.3 Å². The second-order valence-corrected chi connectivity index (χ2v) is 5.20. The molecule has 0 bridgehead atoms. The second kappa shape index (κ2) is 6.70. The highest BCUT2D eigenvalue weighted by Crippen LogP contribution is 2.18. The Bertz CT molecular complexity index is 742. The predicted octanol–water partition coefficient (Wildman–Crippen LogP) is 1.44. The Hall–Kier alpha value is -2.21. The van der Waals surface area contributed by atoms with Crippen LogP contribution in [0.2, 0.25) is 0 Å².